The molecule has 0 amide bonds. The molecule has 1 aromatic heterocycles. The average Bonchev–Trinajstić information content (AvgIpc) is 2.97. The minimum atomic E-state index is -0.607. The van der Waals surface area contributed by atoms with Crippen molar-refractivity contribution in [3.63, 3.8) is 0 Å². The summed E-state index contributed by atoms with van der Waals surface area (Å²) in [5.41, 5.74) is 6.33. The predicted molar refractivity (Wildman–Crippen MR) is 82.8 cm³/mol. The third-order valence-corrected chi connectivity index (χ3v) is 3.93. The van der Waals surface area contributed by atoms with E-state index in [0.717, 1.165) is 28.9 Å². The van der Waals surface area contributed by atoms with Crippen LogP contribution >= 0.6 is 11.3 Å². The highest BCUT2D eigenvalue weighted by Gasteiger charge is 2.09. The van der Waals surface area contributed by atoms with Crippen molar-refractivity contribution in [2.45, 2.75) is 19.6 Å². The molecule has 2 aromatic rings. The number of methoxy groups -OCH3 is 1. The second-order valence-corrected chi connectivity index (χ2v) is 5.40. The summed E-state index contributed by atoms with van der Waals surface area (Å²) in [5, 5.41) is 5.22. The third-order valence-electron chi connectivity index (χ3n) is 2.87. The number of aliphatic imine (C=N–C) groups is 1. The third kappa shape index (κ3) is 4.22. The molecule has 1 aromatic carbocycles. The summed E-state index contributed by atoms with van der Waals surface area (Å²) in [5.74, 6) is -1.18. The summed E-state index contributed by atoms with van der Waals surface area (Å²) in [7, 11) is 1.61. The first-order chi connectivity index (χ1) is 10.5. The van der Waals surface area contributed by atoms with E-state index in [2.05, 4.69) is 15.3 Å². The Labute approximate surface area is 130 Å². The van der Waals surface area contributed by atoms with E-state index in [1.54, 1.807) is 7.11 Å². The largest absolute Gasteiger partial charge is 0.375 e. The molecule has 0 saturated carbocycles. The molecule has 0 fully saturated rings. The summed E-state index contributed by atoms with van der Waals surface area (Å²) < 4.78 is 31.7. The minimum absolute atomic E-state index is 0.0150. The van der Waals surface area contributed by atoms with Crippen molar-refractivity contribution in [3.05, 3.63) is 45.9 Å². The lowest BCUT2D eigenvalue weighted by molar-refractivity contribution is 0.119. The molecule has 0 bridgehead atoms. The maximum Gasteiger partial charge on any atom is 0.193 e. The van der Waals surface area contributed by atoms with Gasteiger partial charge in [-0.3, -0.25) is 0 Å². The van der Waals surface area contributed by atoms with Gasteiger partial charge in [0.15, 0.2) is 5.96 Å². The van der Waals surface area contributed by atoms with Crippen molar-refractivity contribution < 1.29 is 13.5 Å². The first kappa shape index (κ1) is 16.3. The first-order valence-electron chi connectivity index (χ1n) is 6.48. The van der Waals surface area contributed by atoms with Crippen LogP contribution in [0.5, 0.6) is 0 Å². The summed E-state index contributed by atoms with van der Waals surface area (Å²) >= 11 is 1.47. The number of hydrogen-bond acceptors (Lipinski definition) is 4. The minimum Gasteiger partial charge on any atom is -0.375 e. The van der Waals surface area contributed by atoms with E-state index in [-0.39, 0.29) is 24.3 Å². The smallest absolute Gasteiger partial charge is 0.193 e. The number of guanidine groups is 1. The topological polar surface area (TPSA) is 72.5 Å². The second kappa shape index (κ2) is 7.28. The monoisotopic (exact) mass is 326 g/mol. The summed E-state index contributed by atoms with van der Waals surface area (Å²) in [6.07, 6.45) is -0.0837. The number of ether oxygens (including phenoxy) is 1. The van der Waals surface area contributed by atoms with Crippen LogP contribution in [0.25, 0.3) is 0 Å². The van der Waals surface area contributed by atoms with E-state index < -0.39 is 11.6 Å². The Balaban J connectivity index is 2.00. The maximum atomic E-state index is 13.5. The molecule has 5 nitrogen and oxygen atoms in total. The van der Waals surface area contributed by atoms with Gasteiger partial charge in [0.25, 0.3) is 0 Å². The zero-order valence-electron chi connectivity index (χ0n) is 12.1. The number of benzene rings is 1. The predicted octanol–water partition coefficient (Wildman–Crippen LogP) is 3.06. The molecule has 0 saturated heterocycles. The Hall–Kier alpha value is -2.06. The van der Waals surface area contributed by atoms with Crippen molar-refractivity contribution in [1.82, 2.24) is 4.98 Å². The van der Waals surface area contributed by atoms with Crippen LogP contribution in [0.3, 0.4) is 0 Å². The van der Waals surface area contributed by atoms with Crippen LogP contribution in [0.2, 0.25) is 0 Å². The van der Waals surface area contributed by atoms with Crippen LogP contribution in [0.15, 0.2) is 28.6 Å². The molecular formula is C14H16F2N4OS. The molecule has 0 radical (unpaired) electrons. The summed E-state index contributed by atoms with van der Waals surface area (Å²) in [6.45, 7) is 2.14. The molecule has 3 N–H and O–H groups in total. The maximum absolute atomic E-state index is 13.5. The molecular weight excluding hydrogens is 310 g/mol. The normalized spacial score (nSPS) is 13.2. The molecule has 0 aliphatic heterocycles. The Kier molecular flexibility index (Phi) is 5.40. The number of nitrogens with zero attached hydrogens (tertiary/aromatic N) is 2. The van der Waals surface area contributed by atoms with Crippen molar-refractivity contribution >= 4 is 23.0 Å². The standard InChI is InChI=1S/C14H16F2N4OS/c1-8(21-2)13-19-10(7-22-13)6-18-14(17)20-12-5-9(15)3-4-11(12)16/h3-5,7-8H,6H2,1-2H3,(H3,17,18,20). The van der Waals surface area contributed by atoms with Gasteiger partial charge >= 0.3 is 0 Å². The number of halogens is 2. The lowest BCUT2D eigenvalue weighted by Crippen LogP contribution is -2.23. The van der Waals surface area contributed by atoms with Gasteiger partial charge in [-0.15, -0.1) is 11.3 Å². The number of nitrogens with one attached hydrogen (secondary N) is 1. The molecule has 22 heavy (non-hydrogen) atoms. The van der Waals surface area contributed by atoms with Crippen LogP contribution in [-0.4, -0.2) is 18.1 Å². The fourth-order valence-corrected chi connectivity index (χ4v) is 2.46. The quantitative estimate of drug-likeness (QED) is 0.654. The van der Waals surface area contributed by atoms with Gasteiger partial charge in [-0.05, 0) is 19.1 Å². The van der Waals surface area contributed by atoms with Crippen molar-refractivity contribution in [1.29, 1.82) is 0 Å². The molecule has 0 aliphatic carbocycles. The van der Waals surface area contributed by atoms with Crippen LogP contribution in [-0.2, 0) is 11.3 Å². The zero-order chi connectivity index (χ0) is 16.1. The highest BCUT2D eigenvalue weighted by atomic mass is 32.1. The highest BCUT2D eigenvalue weighted by Crippen LogP contribution is 2.20. The van der Waals surface area contributed by atoms with Gasteiger partial charge in [0.05, 0.1) is 17.9 Å². The van der Waals surface area contributed by atoms with Gasteiger partial charge in [0.1, 0.15) is 22.7 Å². The molecule has 1 atom stereocenters. The van der Waals surface area contributed by atoms with Gasteiger partial charge in [-0.2, -0.15) is 0 Å². The van der Waals surface area contributed by atoms with Gasteiger partial charge in [-0.1, -0.05) is 0 Å². The SMILES string of the molecule is COC(C)c1nc(CN=C(N)Nc2cc(F)ccc2F)cs1. The Morgan fingerprint density at radius 3 is 3.00 bits per heavy atom. The second-order valence-electron chi connectivity index (χ2n) is 4.51. The number of rotatable bonds is 5. The van der Waals surface area contributed by atoms with E-state index >= 15 is 0 Å². The van der Waals surface area contributed by atoms with E-state index in [1.165, 1.54) is 11.3 Å². The highest BCUT2D eigenvalue weighted by molar-refractivity contribution is 7.09. The molecule has 118 valence electrons. The molecule has 8 heteroatoms. The van der Waals surface area contributed by atoms with Crippen molar-refractivity contribution in [3.8, 4) is 0 Å². The van der Waals surface area contributed by atoms with Crippen LogP contribution in [0, 0.1) is 11.6 Å². The van der Waals surface area contributed by atoms with Crippen LogP contribution < -0.4 is 11.1 Å². The lowest BCUT2D eigenvalue weighted by Gasteiger charge is -2.06. The molecule has 0 spiro atoms. The number of nitrogens with two attached hydrogens (primary N) is 1. The van der Waals surface area contributed by atoms with Crippen molar-refractivity contribution in [2.75, 3.05) is 12.4 Å². The van der Waals surface area contributed by atoms with Gasteiger partial charge in [0.2, 0.25) is 0 Å². The summed E-state index contributed by atoms with van der Waals surface area (Å²) in [6, 6.07) is 3.06. The van der Waals surface area contributed by atoms with Gasteiger partial charge in [0, 0.05) is 18.6 Å². The van der Waals surface area contributed by atoms with E-state index in [9.17, 15) is 8.78 Å². The Bertz CT molecular complexity index is 675. The first-order valence-corrected chi connectivity index (χ1v) is 7.36. The number of anilines is 1. The number of hydrogen-bond donors (Lipinski definition) is 2. The average molecular weight is 326 g/mol. The zero-order valence-corrected chi connectivity index (χ0v) is 13.0. The lowest BCUT2D eigenvalue weighted by atomic mass is 10.3. The fourth-order valence-electron chi connectivity index (χ4n) is 1.62. The molecule has 0 aliphatic rings. The fraction of sp³-hybridized carbons (Fsp3) is 0.286. The molecule has 1 unspecified atom stereocenters. The van der Waals surface area contributed by atoms with Gasteiger partial charge in [-0.25, -0.2) is 18.8 Å². The van der Waals surface area contributed by atoms with Crippen LogP contribution in [0.1, 0.15) is 23.7 Å². The number of thiazole rings is 1. The van der Waals surface area contributed by atoms with E-state index in [4.69, 9.17) is 10.5 Å². The van der Waals surface area contributed by atoms with Gasteiger partial charge < -0.3 is 15.8 Å². The molecule has 1 heterocycles. The summed E-state index contributed by atoms with van der Waals surface area (Å²) in [4.78, 5) is 8.42. The Morgan fingerprint density at radius 2 is 2.27 bits per heavy atom. The Morgan fingerprint density at radius 1 is 1.50 bits per heavy atom. The van der Waals surface area contributed by atoms with E-state index in [1.807, 2.05) is 12.3 Å². The van der Waals surface area contributed by atoms with E-state index in [0.29, 0.717) is 0 Å². The number of aromatic nitrogens is 1. The van der Waals surface area contributed by atoms with Crippen molar-refractivity contribution in [2.24, 2.45) is 10.7 Å². The molecule has 2 rings (SSSR count). The van der Waals surface area contributed by atoms with Crippen LogP contribution in [0.4, 0.5) is 14.5 Å².